The Morgan fingerprint density at radius 2 is 2.10 bits per heavy atom. The topological polar surface area (TPSA) is 79.5 Å². The standard InChI is InChI=1S/C12H11BrClNO4S/c1-7-12(5-9(6-16)19-7)20(17,18)15-11-4-8(13)2-3-10(11)14/h2-5,15-16H,6H2,1H3. The van der Waals surface area contributed by atoms with Crippen LogP contribution in [0, 0.1) is 6.92 Å². The van der Waals surface area contributed by atoms with Gasteiger partial charge in [0.2, 0.25) is 0 Å². The number of sulfonamides is 1. The van der Waals surface area contributed by atoms with Crippen molar-refractivity contribution in [3.63, 3.8) is 0 Å². The minimum Gasteiger partial charge on any atom is -0.462 e. The molecule has 1 aromatic carbocycles. The van der Waals surface area contributed by atoms with Gasteiger partial charge in [-0.2, -0.15) is 0 Å². The molecular weight excluding hydrogens is 370 g/mol. The Labute approximate surface area is 129 Å². The maximum absolute atomic E-state index is 12.3. The van der Waals surface area contributed by atoms with E-state index in [1.165, 1.54) is 13.0 Å². The van der Waals surface area contributed by atoms with E-state index in [-0.39, 0.29) is 33.7 Å². The fourth-order valence-electron chi connectivity index (χ4n) is 1.64. The van der Waals surface area contributed by atoms with Gasteiger partial charge in [-0.1, -0.05) is 27.5 Å². The molecule has 0 saturated carbocycles. The summed E-state index contributed by atoms with van der Waals surface area (Å²) >= 11 is 9.20. The van der Waals surface area contributed by atoms with Gasteiger partial charge in [0, 0.05) is 10.5 Å². The van der Waals surface area contributed by atoms with Crippen molar-refractivity contribution in [2.75, 3.05) is 4.72 Å². The summed E-state index contributed by atoms with van der Waals surface area (Å²) in [5.74, 6) is 0.385. The lowest BCUT2D eigenvalue weighted by atomic mass is 10.3. The Hall–Kier alpha value is -1.02. The molecular formula is C12H11BrClNO4S. The predicted molar refractivity (Wildman–Crippen MR) is 79.3 cm³/mol. The second-order valence-electron chi connectivity index (χ2n) is 4.02. The molecule has 0 aliphatic carbocycles. The maximum atomic E-state index is 12.3. The monoisotopic (exact) mass is 379 g/mol. The number of aliphatic hydroxyl groups is 1. The summed E-state index contributed by atoms with van der Waals surface area (Å²) in [6.07, 6.45) is 0. The SMILES string of the molecule is Cc1oc(CO)cc1S(=O)(=O)Nc1cc(Br)ccc1Cl. The number of rotatable bonds is 4. The van der Waals surface area contributed by atoms with E-state index in [0.717, 1.165) is 0 Å². The number of aliphatic hydroxyl groups excluding tert-OH is 1. The highest BCUT2D eigenvalue weighted by atomic mass is 79.9. The number of furan rings is 1. The number of nitrogens with one attached hydrogen (secondary N) is 1. The Morgan fingerprint density at radius 3 is 2.70 bits per heavy atom. The van der Waals surface area contributed by atoms with Gasteiger partial charge in [-0.3, -0.25) is 4.72 Å². The number of hydrogen-bond donors (Lipinski definition) is 2. The van der Waals surface area contributed by atoms with Gasteiger partial charge in [0.05, 0.1) is 10.7 Å². The van der Waals surface area contributed by atoms with E-state index in [9.17, 15) is 8.42 Å². The molecule has 8 heteroatoms. The summed E-state index contributed by atoms with van der Waals surface area (Å²) < 4.78 is 32.8. The van der Waals surface area contributed by atoms with Gasteiger partial charge in [0.15, 0.2) is 0 Å². The van der Waals surface area contributed by atoms with E-state index in [2.05, 4.69) is 20.7 Å². The molecule has 1 aromatic heterocycles. The lowest BCUT2D eigenvalue weighted by Gasteiger charge is -2.09. The average Bonchev–Trinajstić information content (AvgIpc) is 2.76. The van der Waals surface area contributed by atoms with E-state index in [0.29, 0.717) is 4.47 Å². The van der Waals surface area contributed by atoms with Crippen molar-refractivity contribution in [3.8, 4) is 0 Å². The van der Waals surface area contributed by atoms with Crippen molar-refractivity contribution in [1.29, 1.82) is 0 Å². The summed E-state index contributed by atoms with van der Waals surface area (Å²) in [5.41, 5.74) is 0.257. The first-order valence-electron chi connectivity index (χ1n) is 5.51. The Morgan fingerprint density at radius 1 is 1.40 bits per heavy atom. The molecule has 0 atom stereocenters. The van der Waals surface area contributed by atoms with Crippen LogP contribution in [-0.4, -0.2) is 13.5 Å². The quantitative estimate of drug-likeness (QED) is 0.853. The van der Waals surface area contributed by atoms with Gasteiger partial charge in [-0.25, -0.2) is 8.42 Å². The number of hydrogen-bond acceptors (Lipinski definition) is 4. The molecule has 0 aliphatic rings. The van der Waals surface area contributed by atoms with E-state index < -0.39 is 10.0 Å². The molecule has 2 rings (SSSR count). The van der Waals surface area contributed by atoms with Crippen LogP contribution in [0.25, 0.3) is 0 Å². The molecule has 0 bridgehead atoms. The van der Waals surface area contributed by atoms with E-state index >= 15 is 0 Å². The summed E-state index contributed by atoms with van der Waals surface area (Å²) in [5, 5.41) is 9.25. The molecule has 0 unspecified atom stereocenters. The third kappa shape index (κ3) is 3.17. The lowest BCUT2D eigenvalue weighted by Crippen LogP contribution is -2.13. The Balaban J connectivity index is 2.40. The van der Waals surface area contributed by atoms with Crippen LogP contribution in [0.5, 0.6) is 0 Å². The lowest BCUT2D eigenvalue weighted by molar-refractivity contribution is 0.245. The molecule has 0 saturated heterocycles. The summed E-state index contributed by atoms with van der Waals surface area (Å²) in [4.78, 5) is -0.0300. The van der Waals surface area contributed by atoms with Gasteiger partial charge < -0.3 is 9.52 Å². The first-order chi connectivity index (χ1) is 9.33. The maximum Gasteiger partial charge on any atom is 0.265 e. The van der Waals surface area contributed by atoms with Crippen LogP contribution in [0.1, 0.15) is 11.5 Å². The van der Waals surface area contributed by atoms with E-state index in [1.807, 2.05) is 0 Å². The minimum atomic E-state index is -3.83. The second kappa shape index (κ2) is 5.77. The first-order valence-corrected chi connectivity index (χ1v) is 8.17. The molecule has 1 heterocycles. The highest BCUT2D eigenvalue weighted by molar-refractivity contribution is 9.10. The molecule has 0 spiro atoms. The molecule has 2 N–H and O–H groups in total. The van der Waals surface area contributed by atoms with Crippen LogP contribution in [0.3, 0.4) is 0 Å². The van der Waals surface area contributed by atoms with Gasteiger partial charge >= 0.3 is 0 Å². The van der Waals surface area contributed by atoms with Crippen LogP contribution in [-0.2, 0) is 16.6 Å². The molecule has 2 aromatic rings. The average molecular weight is 381 g/mol. The molecule has 0 radical (unpaired) electrons. The molecule has 0 aliphatic heterocycles. The predicted octanol–water partition coefficient (Wildman–Crippen LogP) is 3.30. The number of benzene rings is 1. The molecule has 0 amide bonds. The van der Waals surface area contributed by atoms with Gasteiger partial charge in [0.25, 0.3) is 10.0 Å². The molecule has 5 nitrogen and oxygen atoms in total. The van der Waals surface area contributed by atoms with Crippen molar-refractivity contribution >= 4 is 43.2 Å². The molecule has 20 heavy (non-hydrogen) atoms. The van der Waals surface area contributed by atoms with E-state index in [1.54, 1.807) is 18.2 Å². The van der Waals surface area contributed by atoms with Crippen molar-refractivity contribution in [2.24, 2.45) is 0 Å². The highest BCUT2D eigenvalue weighted by Crippen LogP contribution is 2.29. The normalized spacial score (nSPS) is 11.6. The van der Waals surface area contributed by atoms with Gasteiger partial charge in [-0.05, 0) is 25.1 Å². The van der Waals surface area contributed by atoms with Crippen LogP contribution >= 0.6 is 27.5 Å². The number of halogens is 2. The Kier molecular flexibility index (Phi) is 4.43. The van der Waals surface area contributed by atoms with Gasteiger partial charge in [0.1, 0.15) is 23.0 Å². The van der Waals surface area contributed by atoms with Crippen molar-refractivity contribution in [1.82, 2.24) is 0 Å². The smallest absolute Gasteiger partial charge is 0.265 e. The zero-order valence-corrected chi connectivity index (χ0v) is 13.5. The highest BCUT2D eigenvalue weighted by Gasteiger charge is 2.22. The summed E-state index contributed by atoms with van der Waals surface area (Å²) in [7, 11) is -3.83. The fraction of sp³-hybridized carbons (Fsp3) is 0.167. The first kappa shape index (κ1) is 15.4. The van der Waals surface area contributed by atoms with Gasteiger partial charge in [-0.15, -0.1) is 0 Å². The van der Waals surface area contributed by atoms with Crippen molar-refractivity contribution < 1.29 is 17.9 Å². The molecule has 108 valence electrons. The summed E-state index contributed by atoms with van der Waals surface area (Å²) in [6, 6.07) is 6.11. The van der Waals surface area contributed by atoms with E-state index in [4.69, 9.17) is 21.1 Å². The number of aryl methyl sites for hydroxylation is 1. The van der Waals surface area contributed by atoms with Crippen LogP contribution in [0.4, 0.5) is 5.69 Å². The van der Waals surface area contributed by atoms with Crippen LogP contribution in [0.15, 0.2) is 38.1 Å². The molecule has 0 fully saturated rings. The third-order valence-electron chi connectivity index (χ3n) is 2.54. The largest absolute Gasteiger partial charge is 0.462 e. The van der Waals surface area contributed by atoms with Crippen molar-refractivity contribution in [2.45, 2.75) is 18.4 Å². The van der Waals surface area contributed by atoms with Crippen molar-refractivity contribution in [3.05, 3.63) is 45.3 Å². The second-order valence-corrected chi connectivity index (χ2v) is 6.99. The third-order valence-corrected chi connectivity index (χ3v) is 4.84. The summed E-state index contributed by atoms with van der Waals surface area (Å²) in [6.45, 7) is 1.14. The van der Waals surface area contributed by atoms with Crippen LogP contribution < -0.4 is 4.72 Å². The zero-order valence-electron chi connectivity index (χ0n) is 10.4. The fourth-order valence-corrected chi connectivity index (χ4v) is 3.50. The minimum absolute atomic E-state index is 0.0300. The number of anilines is 1. The van der Waals surface area contributed by atoms with Crippen LogP contribution in [0.2, 0.25) is 5.02 Å². The zero-order chi connectivity index (χ0) is 14.9. The Bertz CT molecular complexity index is 742.